The average molecular weight is 263 g/mol. The summed E-state index contributed by atoms with van der Waals surface area (Å²) in [5.74, 6) is 0.765. The molecule has 0 saturated carbocycles. The topological polar surface area (TPSA) is 6.48 Å². The summed E-state index contributed by atoms with van der Waals surface area (Å²) in [4.78, 5) is 5.08. The summed E-state index contributed by atoms with van der Waals surface area (Å²) in [7, 11) is 2.23. The van der Waals surface area contributed by atoms with Crippen LogP contribution in [0.15, 0.2) is 0 Å². The van der Waals surface area contributed by atoms with Gasteiger partial charge in [0.15, 0.2) is 0 Å². The average Bonchev–Trinajstić information content (AvgIpc) is 2.29. The number of nitrogens with zero attached hydrogens (tertiary/aromatic N) is 2. The fraction of sp³-hybridized carbons (Fsp3) is 1.00. The molecule has 1 fully saturated rings. The molecular weight excluding hydrogens is 240 g/mol. The molecule has 0 bridgehead atoms. The summed E-state index contributed by atoms with van der Waals surface area (Å²) in [6.45, 7) is 9.64. The van der Waals surface area contributed by atoms with Crippen LogP contribution in [-0.4, -0.2) is 54.4 Å². The number of halogens is 1. The Balaban J connectivity index is 2.42. The third-order valence-electron chi connectivity index (χ3n) is 2.99. The molecule has 1 heterocycles. The van der Waals surface area contributed by atoms with Gasteiger partial charge in [-0.15, -0.1) is 0 Å². The van der Waals surface area contributed by atoms with E-state index in [0.29, 0.717) is 6.04 Å². The van der Waals surface area contributed by atoms with E-state index in [1.807, 2.05) is 0 Å². The highest BCUT2D eigenvalue weighted by Gasteiger charge is 2.20. The van der Waals surface area contributed by atoms with Crippen molar-refractivity contribution >= 4 is 15.9 Å². The van der Waals surface area contributed by atoms with E-state index in [2.05, 4.69) is 46.6 Å². The minimum atomic E-state index is 0.712. The molecule has 0 spiro atoms. The molecule has 3 heteroatoms. The second kappa shape index (κ2) is 6.09. The predicted molar refractivity (Wildman–Crippen MR) is 66.1 cm³/mol. The van der Waals surface area contributed by atoms with Gasteiger partial charge in [0.2, 0.25) is 0 Å². The first-order chi connectivity index (χ1) is 6.63. The van der Waals surface area contributed by atoms with Gasteiger partial charge in [-0.2, -0.15) is 0 Å². The normalized spacial score (nSPS) is 28.7. The Hall–Kier alpha value is 0.400. The van der Waals surface area contributed by atoms with Gasteiger partial charge in [-0.05, 0) is 39.4 Å². The van der Waals surface area contributed by atoms with E-state index in [4.69, 9.17) is 0 Å². The molecule has 0 aliphatic carbocycles. The van der Waals surface area contributed by atoms with Crippen LogP contribution in [0.4, 0.5) is 0 Å². The maximum atomic E-state index is 3.56. The van der Waals surface area contributed by atoms with Crippen LogP contribution in [0.1, 0.15) is 20.3 Å². The fourth-order valence-corrected chi connectivity index (χ4v) is 2.35. The van der Waals surface area contributed by atoms with Gasteiger partial charge in [0.1, 0.15) is 0 Å². The minimum Gasteiger partial charge on any atom is -0.305 e. The molecule has 0 radical (unpaired) electrons. The number of rotatable bonds is 3. The van der Waals surface area contributed by atoms with Crippen LogP contribution in [0.2, 0.25) is 0 Å². The van der Waals surface area contributed by atoms with E-state index in [0.717, 1.165) is 11.2 Å². The smallest absolute Gasteiger partial charge is 0.0194 e. The second-order valence-corrected chi connectivity index (χ2v) is 5.37. The molecular formula is C11H23BrN2. The first kappa shape index (κ1) is 12.5. The maximum Gasteiger partial charge on any atom is 0.0194 e. The Morgan fingerprint density at radius 3 is 2.79 bits per heavy atom. The van der Waals surface area contributed by atoms with Crippen molar-refractivity contribution in [1.29, 1.82) is 0 Å². The van der Waals surface area contributed by atoms with Crippen molar-refractivity contribution in [2.75, 3.05) is 38.6 Å². The zero-order valence-corrected chi connectivity index (χ0v) is 11.3. The van der Waals surface area contributed by atoms with Crippen LogP contribution in [-0.2, 0) is 0 Å². The lowest BCUT2D eigenvalue weighted by Gasteiger charge is -2.29. The zero-order chi connectivity index (χ0) is 10.6. The van der Waals surface area contributed by atoms with Gasteiger partial charge in [0, 0.05) is 24.5 Å². The first-order valence-corrected chi connectivity index (χ1v) is 6.74. The van der Waals surface area contributed by atoms with Crippen molar-refractivity contribution in [2.24, 2.45) is 5.92 Å². The Labute approximate surface area is 96.8 Å². The third-order valence-corrected chi connectivity index (χ3v) is 4.10. The van der Waals surface area contributed by atoms with Crippen LogP contribution < -0.4 is 0 Å². The fourth-order valence-electron chi connectivity index (χ4n) is 2.14. The van der Waals surface area contributed by atoms with E-state index in [-0.39, 0.29) is 0 Å². The molecule has 2 unspecified atom stereocenters. The zero-order valence-electron chi connectivity index (χ0n) is 9.67. The van der Waals surface area contributed by atoms with E-state index < -0.39 is 0 Å². The molecule has 1 aliphatic rings. The van der Waals surface area contributed by atoms with E-state index in [1.54, 1.807) is 0 Å². The Morgan fingerprint density at radius 1 is 1.43 bits per heavy atom. The highest BCUT2D eigenvalue weighted by atomic mass is 79.9. The maximum absolute atomic E-state index is 3.56. The van der Waals surface area contributed by atoms with E-state index in [9.17, 15) is 0 Å². The highest BCUT2D eigenvalue weighted by molar-refractivity contribution is 9.09. The Kier molecular flexibility index (Phi) is 5.42. The van der Waals surface area contributed by atoms with Gasteiger partial charge >= 0.3 is 0 Å². The van der Waals surface area contributed by atoms with Gasteiger partial charge in [-0.1, -0.05) is 22.9 Å². The second-order valence-electron chi connectivity index (χ2n) is 4.72. The van der Waals surface area contributed by atoms with Crippen LogP contribution >= 0.6 is 15.9 Å². The van der Waals surface area contributed by atoms with Crippen molar-refractivity contribution in [3.63, 3.8) is 0 Å². The minimum absolute atomic E-state index is 0.712. The molecule has 1 saturated heterocycles. The van der Waals surface area contributed by atoms with Crippen molar-refractivity contribution in [2.45, 2.75) is 26.3 Å². The van der Waals surface area contributed by atoms with Gasteiger partial charge < -0.3 is 4.90 Å². The van der Waals surface area contributed by atoms with Crippen LogP contribution in [0, 0.1) is 5.92 Å². The molecule has 0 aromatic carbocycles. The summed E-state index contributed by atoms with van der Waals surface area (Å²) >= 11 is 3.56. The molecule has 14 heavy (non-hydrogen) atoms. The molecule has 84 valence electrons. The third kappa shape index (κ3) is 3.87. The lowest BCUT2D eigenvalue weighted by molar-refractivity contribution is 0.184. The number of hydrogen-bond acceptors (Lipinski definition) is 2. The Bertz CT molecular complexity index is 163. The Morgan fingerprint density at radius 2 is 2.14 bits per heavy atom. The largest absolute Gasteiger partial charge is 0.305 e. The summed E-state index contributed by atoms with van der Waals surface area (Å²) < 4.78 is 0. The predicted octanol–water partition coefficient (Wildman–Crippen LogP) is 2.04. The van der Waals surface area contributed by atoms with Crippen molar-refractivity contribution in [3.8, 4) is 0 Å². The number of alkyl halides is 1. The lowest BCUT2D eigenvalue weighted by Crippen LogP contribution is -2.40. The standard InChI is InChI=1S/C11H23BrN2/c1-10(7-12)8-14-6-4-5-13(3)9-11(14)2/h10-11H,4-9H2,1-3H3. The molecule has 2 atom stereocenters. The van der Waals surface area contributed by atoms with Gasteiger partial charge in [0.05, 0.1) is 0 Å². The lowest BCUT2D eigenvalue weighted by atomic mass is 10.1. The summed E-state index contributed by atoms with van der Waals surface area (Å²) in [5.41, 5.74) is 0. The first-order valence-electron chi connectivity index (χ1n) is 5.62. The van der Waals surface area contributed by atoms with Crippen LogP contribution in [0.25, 0.3) is 0 Å². The summed E-state index contributed by atoms with van der Waals surface area (Å²) in [6.07, 6.45) is 1.32. The van der Waals surface area contributed by atoms with Crippen molar-refractivity contribution in [3.05, 3.63) is 0 Å². The van der Waals surface area contributed by atoms with Crippen molar-refractivity contribution < 1.29 is 0 Å². The van der Waals surface area contributed by atoms with Gasteiger partial charge in [-0.25, -0.2) is 0 Å². The monoisotopic (exact) mass is 262 g/mol. The van der Waals surface area contributed by atoms with E-state index in [1.165, 1.54) is 32.6 Å². The van der Waals surface area contributed by atoms with E-state index >= 15 is 0 Å². The number of likely N-dealkylation sites (N-methyl/N-ethyl adjacent to an activating group) is 1. The molecule has 0 N–H and O–H groups in total. The molecule has 0 aromatic rings. The number of hydrogen-bond donors (Lipinski definition) is 0. The quantitative estimate of drug-likeness (QED) is 0.719. The molecule has 0 amide bonds. The summed E-state index contributed by atoms with van der Waals surface area (Å²) in [6, 6.07) is 0.712. The van der Waals surface area contributed by atoms with Crippen LogP contribution in [0.3, 0.4) is 0 Å². The van der Waals surface area contributed by atoms with Gasteiger partial charge in [-0.3, -0.25) is 4.90 Å². The molecule has 0 aromatic heterocycles. The van der Waals surface area contributed by atoms with Gasteiger partial charge in [0.25, 0.3) is 0 Å². The molecule has 1 rings (SSSR count). The highest BCUT2D eigenvalue weighted by Crippen LogP contribution is 2.12. The van der Waals surface area contributed by atoms with Crippen LogP contribution in [0.5, 0.6) is 0 Å². The van der Waals surface area contributed by atoms with Crippen molar-refractivity contribution in [1.82, 2.24) is 9.80 Å². The molecule has 2 nitrogen and oxygen atoms in total. The molecule has 1 aliphatic heterocycles. The summed E-state index contributed by atoms with van der Waals surface area (Å²) in [5, 5.41) is 1.12. The SMILES string of the molecule is CC(CBr)CN1CCCN(C)CC1C.